The molecule has 0 aliphatic heterocycles. The van der Waals surface area contributed by atoms with E-state index < -0.39 is 0 Å². The van der Waals surface area contributed by atoms with Crippen LogP contribution in [-0.4, -0.2) is 19.9 Å². The van der Waals surface area contributed by atoms with Crippen molar-refractivity contribution in [2.24, 2.45) is 0 Å². The Morgan fingerprint density at radius 1 is 0.633 bits per heavy atom. The van der Waals surface area contributed by atoms with E-state index in [9.17, 15) is 0 Å². The quantitative estimate of drug-likeness (QED) is 0.406. The van der Waals surface area contributed by atoms with Crippen LogP contribution in [0, 0.1) is 0 Å². The van der Waals surface area contributed by atoms with E-state index in [4.69, 9.17) is 4.98 Å². The molecule has 0 aliphatic rings. The Labute approximate surface area is 172 Å². The van der Waals surface area contributed by atoms with E-state index in [0.29, 0.717) is 0 Å². The molecule has 0 bridgehead atoms. The van der Waals surface area contributed by atoms with Crippen molar-refractivity contribution in [3.05, 3.63) is 97.7 Å². The molecule has 5 nitrogen and oxygen atoms in total. The molecule has 6 aromatic rings. The Morgan fingerprint density at radius 3 is 2.57 bits per heavy atom. The summed E-state index contributed by atoms with van der Waals surface area (Å²) < 4.78 is 2.04. The molecule has 0 saturated heterocycles. The molecule has 6 rings (SSSR count). The molecule has 0 N–H and O–H groups in total. The fraction of sp³-hybridized carbons (Fsp3) is 0. The predicted molar refractivity (Wildman–Crippen MR) is 117 cm³/mol. The predicted octanol–water partition coefficient (Wildman–Crippen LogP) is 4.67. The molecular weight excluding hydrogens is 370 g/mol. The van der Waals surface area contributed by atoms with E-state index in [1.807, 2.05) is 65.6 Å². The van der Waals surface area contributed by atoms with E-state index >= 15 is 0 Å². The lowest BCUT2D eigenvalue weighted by atomic mass is 10.1. The van der Waals surface area contributed by atoms with Gasteiger partial charge in [-0.05, 0) is 59.6 Å². The fourth-order valence-corrected chi connectivity index (χ4v) is 3.69. The van der Waals surface area contributed by atoms with Crippen LogP contribution in [0.15, 0.2) is 97.7 Å². The second kappa shape index (κ2) is 6.67. The number of hydrogen-bond acceptors (Lipinski definition) is 4. The van der Waals surface area contributed by atoms with Crippen LogP contribution in [0.5, 0.6) is 0 Å². The highest BCUT2D eigenvalue weighted by molar-refractivity contribution is 5.85. The number of nitrogens with zero attached hydrogens (tertiary/aromatic N) is 5. The summed E-state index contributed by atoms with van der Waals surface area (Å²) >= 11 is 0. The van der Waals surface area contributed by atoms with Crippen LogP contribution in [0.2, 0.25) is 0 Å². The molecule has 0 saturated carbocycles. The minimum atomic E-state index is 0.868. The summed E-state index contributed by atoms with van der Waals surface area (Å²) in [5.74, 6) is 0. The standard InChI is InChI=1S/C25H16N5/c1-2-5-21-18(4-1)15-30(16-28-21)20-8-10-22-17(12-20)7-9-23(29-22)19-13-25-24(27-14-19)6-3-11-26-25/h1-16H/q+1. The van der Waals surface area contributed by atoms with Crippen LogP contribution in [-0.2, 0) is 0 Å². The third kappa shape index (κ3) is 2.84. The van der Waals surface area contributed by atoms with Gasteiger partial charge in [0.15, 0.2) is 5.52 Å². The SMILES string of the molecule is c1ccc2nc[n+](-c3ccc4nc(-c5cnc6cccnc6c5)ccc4c3)cc2c1. The van der Waals surface area contributed by atoms with Crippen LogP contribution in [0.25, 0.3) is 49.8 Å². The molecule has 0 atom stereocenters. The lowest BCUT2D eigenvalue weighted by molar-refractivity contribution is -0.597. The van der Waals surface area contributed by atoms with Crippen molar-refractivity contribution in [3.8, 4) is 16.9 Å². The molecule has 140 valence electrons. The van der Waals surface area contributed by atoms with Crippen LogP contribution in [0.3, 0.4) is 0 Å². The van der Waals surface area contributed by atoms with Gasteiger partial charge in [0, 0.05) is 23.3 Å². The first-order valence-electron chi connectivity index (χ1n) is 9.72. The molecule has 0 radical (unpaired) electrons. The van der Waals surface area contributed by atoms with Gasteiger partial charge in [-0.15, -0.1) is 0 Å². The van der Waals surface area contributed by atoms with E-state index in [0.717, 1.165) is 49.8 Å². The van der Waals surface area contributed by atoms with Crippen LogP contribution in [0.1, 0.15) is 0 Å². The van der Waals surface area contributed by atoms with Crippen molar-refractivity contribution in [1.29, 1.82) is 0 Å². The Bertz CT molecular complexity index is 1440. The van der Waals surface area contributed by atoms with Crippen molar-refractivity contribution >= 4 is 32.8 Å². The highest BCUT2D eigenvalue weighted by atomic mass is 15.0. The van der Waals surface area contributed by atoms with Gasteiger partial charge in [-0.25, -0.2) is 9.55 Å². The van der Waals surface area contributed by atoms with Gasteiger partial charge in [0.2, 0.25) is 0 Å². The van der Waals surface area contributed by atoms with E-state index in [2.05, 4.69) is 45.4 Å². The normalized spacial score (nSPS) is 11.3. The molecule has 0 aliphatic carbocycles. The third-order valence-electron chi connectivity index (χ3n) is 5.25. The smallest absolute Gasteiger partial charge is 0.255 e. The average molecular weight is 386 g/mol. The monoisotopic (exact) mass is 386 g/mol. The summed E-state index contributed by atoms with van der Waals surface area (Å²) in [6.07, 6.45) is 7.57. The molecule has 4 heterocycles. The minimum absolute atomic E-state index is 0.868. The van der Waals surface area contributed by atoms with Crippen molar-refractivity contribution in [2.75, 3.05) is 0 Å². The maximum absolute atomic E-state index is 4.84. The van der Waals surface area contributed by atoms with Gasteiger partial charge in [-0.1, -0.05) is 18.2 Å². The fourth-order valence-electron chi connectivity index (χ4n) is 3.69. The topological polar surface area (TPSA) is 55.4 Å². The summed E-state index contributed by atoms with van der Waals surface area (Å²) in [4.78, 5) is 18.3. The molecule has 0 amide bonds. The molecular formula is C25H16N5+. The first-order chi connectivity index (χ1) is 14.8. The second-order valence-electron chi connectivity index (χ2n) is 7.18. The Morgan fingerprint density at radius 2 is 1.57 bits per heavy atom. The van der Waals surface area contributed by atoms with Gasteiger partial charge in [0.05, 0.1) is 27.6 Å². The summed E-state index contributed by atoms with van der Waals surface area (Å²) in [6, 6.07) is 24.4. The maximum atomic E-state index is 4.84. The van der Waals surface area contributed by atoms with Gasteiger partial charge in [0.1, 0.15) is 11.9 Å². The number of rotatable bonds is 2. The zero-order chi connectivity index (χ0) is 19.9. The molecule has 0 fully saturated rings. The third-order valence-corrected chi connectivity index (χ3v) is 5.25. The Hall–Kier alpha value is -4.25. The number of hydrogen-bond donors (Lipinski definition) is 0. The Kier molecular flexibility index (Phi) is 3.71. The zero-order valence-corrected chi connectivity index (χ0v) is 16.0. The molecule has 0 unspecified atom stereocenters. The highest BCUT2D eigenvalue weighted by Crippen LogP contribution is 2.23. The summed E-state index contributed by atoms with van der Waals surface area (Å²) in [6.45, 7) is 0. The van der Waals surface area contributed by atoms with Gasteiger partial charge in [-0.3, -0.25) is 9.97 Å². The summed E-state index contributed by atoms with van der Waals surface area (Å²) in [5.41, 5.74) is 6.56. The van der Waals surface area contributed by atoms with Gasteiger partial charge >= 0.3 is 0 Å². The number of para-hydroxylation sites is 1. The van der Waals surface area contributed by atoms with Crippen molar-refractivity contribution < 1.29 is 4.57 Å². The lowest BCUT2D eigenvalue weighted by Crippen LogP contribution is -2.30. The van der Waals surface area contributed by atoms with Crippen LogP contribution < -0.4 is 4.57 Å². The largest absolute Gasteiger partial charge is 0.291 e. The number of benzene rings is 2. The van der Waals surface area contributed by atoms with Gasteiger partial charge in [0.25, 0.3) is 6.33 Å². The molecule has 4 aromatic heterocycles. The van der Waals surface area contributed by atoms with Gasteiger partial charge < -0.3 is 0 Å². The van der Waals surface area contributed by atoms with E-state index in [1.54, 1.807) is 6.20 Å². The van der Waals surface area contributed by atoms with Gasteiger partial charge in [-0.2, -0.15) is 0 Å². The van der Waals surface area contributed by atoms with E-state index in [-0.39, 0.29) is 0 Å². The first kappa shape index (κ1) is 16.7. The molecule has 30 heavy (non-hydrogen) atoms. The molecule has 5 heteroatoms. The minimum Gasteiger partial charge on any atom is -0.255 e. The molecule has 2 aromatic carbocycles. The van der Waals surface area contributed by atoms with E-state index in [1.165, 1.54) is 0 Å². The highest BCUT2D eigenvalue weighted by Gasteiger charge is 2.09. The van der Waals surface area contributed by atoms with Crippen molar-refractivity contribution in [1.82, 2.24) is 19.9 Å². The Balaban J connectivity index is 1.41. The number of fused-ring (bicyclic) bond motifs is 3. The summed E-state index contributed by atoms with van der Waals surface area (Å²) in [5, 5.41) is 2.18. The zero-order valence-electron chi connectivity index (χ0n) is 16.0. The maximum Gasteiger partial charge on any atom is 0.291 e. The second-order valence-corrected chi connectivity index (χ2v) is 7.18. The number of aromatic nitrogens is 5. The first-order valence-corrected chi connectivity index (χ1v) is 9.72. The average Bonchev–Trinajstić information content (AvgIpc) is 2.83. The lowest BCUT2D eigenvalue weighted by Gasteiger charge is -2.06. The summed E-state index contributed by atoms with van der Waals surface area (Å²) in [7, 11) is 0. The molecule has 0 spiro atoms. The van der Waals surface area contributed by atoms with Crippen LogP contribution >= 0.6 is 0 Å². The number of pyridine rings is 3. The van der Waals surface area contributed by atoms with Crippen LogP contribution in [0.4, 0.5) is 0 Å². The van der Waals surface area contributed by atoms with Crippen molar-refractivity contribution in [3.63, 3.8) is 0 Å². The van der Waals surface area contributed by atoms with Crippen molar-refractivity contribution in [2.45, 2.75) is 0 Å².